The second-order valence-electron chi connectivity index (χ2n) is 4.72. The molecule has 1 aromatic heterocycles. The number of nitrogens with zero attached hydrogens (tertiary/aromatic N) is 2. The minimum absolute atomic E-state index is 0.294. The van der Waals surface area contributed by atoms with Gasteiger partial charge in [0, 0.05) is 11.1 Å². The Balaban J connectivity index is 1.93. The van der Waals surface area contributed by atoms with Crippen molar-refractivity contribution in [2.24, 2.45) is 0 Å². The highest BCUT2D eigenvalue weighted by atomic mass is 19.1. The van der Waals surface area contributed by atoms with Gasteiger partial charge in [0.2, 0.25) is 5.82 Å². The zero-order valence-electron chi connectivity index (χ0n) is 11.5. The lowest BCUT2D eigenvalue weighted by Crippen LogP contribution is -1.88. The summed E-state index contributed by atoms with van der Waals surface area (Å²) >= 11 is 0. The Bertz CT molecular complexity index is 791. The zero-order chi connectivity index (χ0) is 14.8. The first-order chi connectivity index (χ1) is 10.1. The summed E-state index contributed by atoms with van der Waals surface area (Å²) in [6, 6.07) is 13.8. The fourth-order valence-electron chi connectivity index (χ4n) is 2.05. The lowest BCUT2D eigenvalue weighted by atomic mass is 10.1. The van der Waals surface area contributed by atoms with Gasteiger partial charge in [-0.3, -0.25) is 0 Å². The van der Waals surface area contributed by atoms with E-state index >= 15 is 0 Å². The molecule has 1 heterocycles. The minimum atomic E-state index is -0.294. The third-order valence-corrected chi connectivity index (χ3v) is 3.26. The molecular formula is C17H13FN2O. The molecule has 0 aliphatic heterocycles. The predicted octanol–water partition coefficient (Wildman–Crippen LogP) is 4.25. The second kappa shape index (κ2) is 5.32. The second-order valence-corrected chi connectivity index (χ2v) is 4.72. The molecular weight excluding hydrogens is 267 g/mol. The minimum Gasteiger partial charge on any atom is -0.334 e. The van der Waals surface area contributed by atoms with Crippen molar-refractivity contribution >= 4 is 5.57 Å². The van der Waals surface area contributed by atoms with E-state index < -0.39 is 0 Å². The maximum Gasteiger partial charge on any atom is 0.258 e. The molecule has 0 unspecified atom stereocenters. The molecule has 0 saturated heterocycles. The van der Waals surface area contributed by atoms with Gasteiger partial charge in [-0.2, -0.15) is 4.98 Å². The lowest BCUT2D eigenvalue weighted by Gasteiger charge is -2.00. The van der Waals surface area contributed by atoms with Gasteiger partial charge in [0.15, 0.2) is 0 Å². The number of hydrogen-bond acceptors (Lipinski definition) is 3. The van der Waals surface area contributed by atoms with Crippen LogP contribution in [0.1, 0.15) is 17.0 Å². The highest BCUT2D eigenvalue weighted by Crippen LogP contribution is 2.25. The zero-order valence-corrected chi connectivity index (χ0v) is 11.5. The first kappa shape index (κ1) is 13.2. The van der Waals surface area contributed by atoms with Crippen LogP contribution in [0.15, 0.2) is 59.6 Å². The highest BCUT2D eigenvalue weighted by molar-refractivity contribution is 5.74. The summed E-state index contributed by atoms with van der Waals surface area (Å²) in [5, 5.41) is 3.99. The molecule has 3 rings (SSSR count). The summed E-state index contributed by atoms with van der Waals surface area (Å²) in [7, 11) is 0. The number of aromatic nitrogens is 2. The van der Waals surface area contributed by atoms with Crippen molar-refractivity contribution < 1.29 is 8.91 Å². The molecule has 21 heavy (non-hydrogen) atoms. The first-order valence-corrected chi connectivity index (χ1v) is 6.50. The van der Waals surface area contributed by atoms with Gasteiger partial charge < -0.3 is 4.52 Å². The molecule has 3 nitrogen and oxygen atoms in total. The number of aryl methyl sites for hydroxylation is 1. The van der Waals surface area contributed by atoms with Crippen LogP contribution in [0.25, 0.3) is 17.0 Å². The van der Waals surface area contributed by atoms with Crippen LogP contribution in [0.3, 0.4) is 0 Å². The lowest BCUT2D eigenvalue weighted by molar-refractivity contribution is 0.409. The molecule has 0 aliphatic carbocycles. The van der Waals surface area contributed by atoms with Gasteiger partial charge in [-0.1, -0.05) is 48.1 Å². The number of halogens is 1. The molecule has 0 N–H and O–H groups in total. The predicted molar refractivity (Wildman–Crippen MR) is 79.0 cm³/mol. The van der Waals surface area contributed by atoms with Crippen molar-refractivity contribution in [3.05, 3.63) is 77.9 Å². The Morgan fingerprint density at radius 2 is 1.81 bits per heavy atom. The van der Waals surface area contributed by atoms with Crippen molar-refractivity contribution in [1.29, 1.82) is 0 Å². The quantitative estimate of drug-likeness (QED) is 0.720. The maximum absolute atomic E-state index is 12.9. The average Bonchev–Trinajstić information content (AvgIpc) is 2.97. The van der Waals surface area contributed by atoms with Crippen molar-refractivity contribution in [2.75, 3.05) is 0 Å². The van der Waals surface area contributed by atoms with Gasteiger partial charge in [0.05, 0.1) is 0 Å². The van der Waals surface area contributed by atoms with E-state index in [1.54, 1.807) is 12.1 Å². The molecule has 0 atom stereocenters. The number of rotatable bonds is 3. The molecule has 2 aromatic carbocycles. The van der Waals surface area contributed by atoms with Gasteiger partial charge in [0.1, 0.15) is 5.82 Å². The van der Waals surface area contributed by atoms with Crippen LogP contribution in [0.2, 0.25) is 0 Å². The number of hydrogen-bond donors (Lipinski definition) is 0. The monoisotopic (exact) mass is 280 g/mol. The summed E-state index contributed by atoms with van der Waals surface area (Å²) in [5.41, 5.74) is 3.30. The first-order valence-electron chi connectivity index (χ1n) is 6.50. The van der Waals surface area contributed by atoms with Crippen molar-refractivity contribution in [2.45, 2.75) is 6.92 Å². The smallest absolute Gasteiger partial charge is 0.258 e. The maximum atomic E-state index is 12.9. The molecule has 0 radical (unpaired) electrons. The Morgan fingerprint density at radius 3 is 2.52 bits per heavy atom. The van der Waals surface area contributed by atoms with Gasteiger partial charge in [-0.05, 0) is 30.2 Å². The summed E-state index contributed by atoms with van der Waals surface area (Å²) in [6.07, 6.45) is 0. The molecule has 0 bridgehead atoms. The molecule has 0 fully saturated rings. The van der Waals surface area contributed by atoms with Crippen molar-refractivity contribution in [3.8, 4) is 11.4 Å². The van der Waals surface area contributed by atoms with E-state index in [1.807, 2.05) is 31.2 Å². The molecule has 4 heteroatoms. The molecule has 0 saturated carbocycles. The molecule has 0 spiro atoms. The average molecular weight is 280 g/mol. The van der Waals surface area contributed by atoms with Gasteiger partial charge in [0.25, 0.3) is 5.89 Å². The number of benzene rings is 2. The highest BCUT2D eigenvalue weighted by Gasteiger charge is 2.14. The van der Waals surface area contributed by atoms with Crippen LogP contribution < -0.4 is 0 Å². The van der Waals surface area contributed by atoms with E-state index in [4.69, 9.17) is 4.52 Å². The fraction of sp³-hybridized carbons (Fsp3) is 0.0588. The van der Waals surface area contributed by atoms with E-state index in [-0.39, 0.29) is 5.82 Å². The fourth-order valence-corrected chi connectivity index (χ4v) is 2.05. The van der Waals surface area contributed by atoms with Crippen LogP contribution in [-0.4, -0.2) is 10.1 Å². The molecule has 0 amide bonds. The van der Waals surface area contributed by atoms with E-state index in [0.717, 1.165) is 16.7 Å². The Labute approximate surface area is 121 Å². The van der Waals surface area contributed by atoms with E-state index in [2.05, 4.69) is 16.7 Å². The van der Waals surface area contributed by atoms with Gasteiger partial charge in [-0.15, -0.1) is 0 Å². The van der Waals surface area contributed by atoms with Gasteiger partial charge >= 0.3 is 0 Å². The normalized spacial score (nSPS) is 10.6. The Morgan fingerprint density at radius 1 is 1.10 bits per heavy atom. The van der Waals surface area contributed by atoms with Crippen LogP contribution in [0, 0.1) is 12.7 Å². The van der Waals surface area contributed by atoms with Crippen LogP contribution >= 0.6 is 0 Å². The largest absolute Gasteiger partial charge is 0.334 e. The van der Waals surface area contributed by atoms with Crippen molar-refractivity contribution in [3.63, 3.8) is 0 Å². The van der Waals surface area contributed by atoms with E-state index in [9.17, 15) is 4.39 Å². The third-order valence-electron chi connectivity index (χ3n) is 3.26. The summed E-state index contributed by atoms with van der Waals surface area (Å²) in [4.78, 5) is 4.37. The van der Waals surface area contributed by atoms with Gasteiger partial charge in [-0.25, -0.2) is 4.39 Å². The van der Waals surface area contributed by atoms with E-state index in [0.29, 0.717) is 17.3 Å². The van der Waals surface area contributed by atoms with E-state index in [1.165, 1.54) is 12.1 Å². The SMILES string of the molecule is C=C(c1ccc(F)cc1)c1nc(-c2ccccc2C)no1. The van der Waals surface area contributed by atoms with Crippen LogP contribution in [0.5, 0.6) is 0 Å². The van der Waals surface area contributed by atoms with Crippen LogP contribution in [-0.2, 0) is 0 Å². The van der Waals surface area contributed by atoms with Crippen LogP contribution in [0.4, 0.5) is 4.39 Å². The summed E-state index contributed by atoms with van der Waals surface area (Å²) in [6.45, 7) is 5.92. The Kier molecular flexibility index (Phi) is 3.36. The standard InChI is InChI=1S/C17H13FN2O/c1-11-5-3-4-6-15(11)16-19-17(21-20-16)12(2)13-7-9-14(18)10-8-13/h3-10H,2H2,1H3. The third kappa shape index (κ3) is 2.60. The van der Waals surface area contributed by atoms with Crippen molar-refractivity contribution in [1.82, 2.24) is 10.1 Å². The molecule has 0 aliphatic rings. The summed E-state index contributed by atoms with van der Waals surface area (Å²) in [5.74, 6) is 0.559. The Hall–Kier alpha value is -2.75. The molecule has 104 valence electrons. The molecule has 3 aromatic rings. The summed E-state index contributed by atoms with van der Waals surface area (Å²) < 4.78 is 18.2. The topological polar surface area (TPSA) is 38.9 Å².